The number of carbonyl (C=O) groups excluding carboxylic acids is 2. The van der Waals surface area contributed by atoms with E-state index in [-0.39, 0.29) is 17.7 Å². The molecule has 3 fully saturated rings. The van der Waals surface area contributed by atoms with E-state index >= 15 is 0 Å². The molecule has 0 radical (unpaired) electrons. The minimum atomic E-state index is -0.177. The van der Waals surface area contributed by atoms with Gasteiger partial charge < -0.3 is 14.7 Å². The second-order valence-corrected chi connectivity index (χ2v) is 8.80. The molecule has 2 saturated heterocycles. The fourth-order valence-electron chi connectivity index (χ4n) is 5.13. The van der Waals surface area contributed by atoms with E-state index in [1.807, 2.05) is 46.2 Å². The summed E-state index contributed by atoms with van der Waals surface area (Å²) in [6.45, 7) is 3.41. The third-order valence-electron chi connectivity index (χ3n) is 6.86. The number of likely N-dealkylation sites (tertiary alicyclic amines) is 1. The number of benzene rings is 1. The molecule has 162 valence electrons. The molecule has 1 aromatic heterocycles. The van der Waals surface area contributed by atoms with Crippen molar-refractivity contribution in [3.05, 3.63) is 42.6 Å². The van der Waals surface area contributed by atoms with Crippen LogP contribution in [0, 0.1) is 5.92 Å². The third-order valence-corrected chi connectivity index (χ3v) is 6.86. The van der Waals surface area contributed by atoms with Gasteiger partial charge in [0.1, 0.15) is 5.82 Å². The fourth-order valence-corrected chi connectivity index (χ4v) is 5.13. The van der Waals surface area contributed by atoms with E-state index in [0.29, 0.717) is 37.9 Å². The number of piperazine rings is 1. The standard InChI is InChI=1S/C24H29N5O2/c30-22-16-19(17-29(22)20-8-4-5-9-20)24(31)28-14-12-27(13-15-28)21-10-11-25-23(26-21)18-6-2-1-3-7-18/h1-3,6-7,10-11,19-20H,4-5,8-9,12-17H2. The molecule has 1 unspecified atom stereocenters. The highest BCUT2D eigenvalue weighted by molar-refractivity contribution is 5.89. The molecule has 7 nitrogen and oxygen atoms in total. The Labute approximate surface area is 183 Å². The first-order chi connectivity index (χ1) is 15.2. The van der Waals surface area contributed by atoms with Crippen molar-refractivity contribution >= 4 is 17.6 Å². The van der Waals surface area contributed by atoms with E-state index in [9.17, 15) is 9.59 Å². The summed E-state index contributed by atoms with van der Waals surface area (Å²) in [5, 5.41) is 0. The largest absolute Gasteiger partial charge is 0.353 e. The van der Waals surface area contributed by atoms with Crippen molar-refractivity contribution in [1.29, 1.82) is 0 Å². The molecule has 2 aromatic rings. The smallest absolute Gasteiger partial charge is 0.228 e. The lowest BCUT2D eigenvalue weighted by Crippen LogP contribution is -2.51. The summed E-state index contributed by atoms with van der Waals surface area (Å²) in [4.78, 5) is 40.8. The molecule has 1 aromatic carbocycles. The van der Waals surface area contributed by atoms with Gasteiger partial charge in [-0.05, 0) is 18.9 Å². The van der Waals surface area contributed by atoms with Crippen molar-refractivity contribution < 1.29 is 9.59 Å². The number of carbonyl (C=O) groups is 2. The average molecular weight is 420 g/mol. The van der Waals surface area contributed by atoms with Crippen LogP contribution in [0.5, 0.6) is 0 Å². The van der Waals surface area contributed by atoms with Crippen LogP contribution in [-0.2, 0) is 9.59 Å². The van der Waals surface area contributed by atoms with Crippen molar-refractivity contribution in [3.8, 4) is 11.4 Å². The zero-order valence-corrected chi connectivity index (χ0v) is 17.8. The molecule has 1 atom stereocenters. The zero-order valence-electron chi connectivity index (χ0n) is 17.8. The molecule has 0 spiro atoms. The van der Waals surface area contributed by atoms with Gasteiger partial charge in [-0.1, -0.05) is 43.2 Å². The highest BCUT2D eigenvalue weighted by Crippen LogP contribution is 2.30. The van der Waals surface area contributed by atoms with Crippen LogP contribution in [-0.4, -0.2) is 70.3 Å². The molecule has 31 heavy (non-hydrogen) atoms. The molecule has 0 bridgehead atoms. The Kier molecular flexibility index (Phi) is 5.57. The van der Waals surface area contributed by atoms with Gasteiger partial charge in [-0.3, -0.25) is 9.59 Å². The van der Waals surface area contributed by atoms with Gasteiger partial charge in [-0.25, -0.2) is 9.97 Å². The first-order valence-electron chi connectivity index (χ1n) is 11.4. The monoisotopic (exact) mass is 419 g/mol. The van der Waals surface area contributed by atoms with Crippen LogP contribution in [0.25, 0.3) is 11.4 Å². The van der Waals surface area contributed by atoms with Crippen molar-refractivity contribution in [2.24, 2.45) is 5.92 Å². The number of nitrogens with zero attached hydrogens (tertiary/aromatic N) is 5. The van der Waals surface area contributed by atoms with Gasteiger partial charge in [-0.15, -0.1) is 0 Å². The summed E-state index contributed by atoms with van der Waals surface area (Å²) >= 11 is 0. The average Bonchev–Trinajstić information content (AvgIpc) is 3.49. The Morgan fingerprint density at radius 3 is 2.45 bits per heavy atom. The number of hydrogen-bond acceptors (Lipinski definition) is 5. The van der Waals surface area contributed by atoms with Gasteiger partial charge in [0.25, 0.3) is 0 Å². The highest BCUT2D eigenvalue weighted by atomic mass is 16.2. The number of anilines is 1. The van der Waals surface area contributed by atoms with Crippen molar-refractivity contribution in [2.45, 2.75) is 38.1 Å². The molecule has 0 N–H and O–H groups in total. The minimum Gasteiger partial charge on any atom is -0.353 e. The van der Waals surface area contributed by atoms with Gasteiger partial charge in [0.2, 0.25) is 11.8 Å². The summed E-state index contributed by atoms with van der Waals surface area (Å²) in [6, 6.07) is 12.3. The molecule has 3 heterocycles. The van der Waals surface area contributed by atoms with Gasteiger partial charge in [-0.2, -0.15) is 0 Å². The highest BCUT2D eigenvalue weighted by Gasteiger charge is 2.40. The predicted molar refractivity (Wildman–Crippen MR) is 118 cm³/mol. The van der Waals surface area contributed by atoms with Crippen LogP contribution in [0.2, 0.25) is 0 Å². The van der Waals surface area contributed by atoms with E-state index < -0.39 is 0 Å². The maximum Gasteiger partial charge on any atom is 0.228 e. The van der Waals surface area contributed by atoms with Gasteiger partial charge in [0, 0.05) is 56.9 Å². The molecule has 2 amide bonds. The van der Waals surface area contributed by atoms with Crippen LogP contribution in [0.15, 0.2) is 42.6 Å². The zero-order chi connectivity index (χ0) is 21.2. The van der Waals surface area contributed by atoms with Crippen LogP contribution in [0.3, 0.4) is 0 Å². The SMILES string of the molecule is O=C(C1CC(=O)N(C2CCCC2)C1)N1CCN(c2ccnc(-c3ccccc3)n2)CC1. The minimum absolute atomic E-state index is 0.140. The Morgan fingerprint density at radius 1 is 0.968 bits per heavy atom. The maximum absolute atomic E-state index is 13.1. The van der Waals surface area contributed by atoms with Gasteiger partial charge in [0.05, 0.1) is 5.92 Å². The van der Waals surface area contributed by atoms with E-state index in [4.69, 9.17) is 4.98 Å². The lowest BCUT2D eigenvalue weighted by atomic mass is 10.1. The molecule has 5 rings (SSSR count). The molecule has 1 saturated carbocycles. The van der Waals surface area contributed by atoms with Crippen LogP contribution in [0.4, 0.5) is 5.82 Å². The van der Waals surface area contributed by atoms with E-state index in [1.165, 1.54) is 12.8 Å². The number of amides is 2. The van der Waals surface area contributed by atoms with Crippen molar-refractivity contribution in [3.63, 3.8) is 0 Å². The summed E-state index contributed by atoms with van der Waals surface area (Å²) in [7, 11) is 0. The third kappa shape index (κ3) is 4.13. The van der Waals surface area contributed by atoms with E-state index in [1.54, 1.807) is 6.20 Å². The van der Waals surface area contributed by atoms with Crippen LogP contribution >= 0.6 is 0 Å². The topological polar surface area (TPSA) is 69.6 Å². The molecule has 3 aliphatic rings. The Balaban J connectivity index is 1.19. The normalized spacial score (nSPS) is 22.4. The number of rotatable bonds is 4. The molecule has 7 heteroatoms. The summed E-state index contributed by atoms with van der Waals surface area (Å²) in [5.74, 6) is 1.74. The fraction of sp³-hybridized carbons (Fsp3) is 0.500. The summed E-state index contributed by atoms with van der Waals surface area (Å²) in [6.07, 6.45) is 6.75. The van der Waals surface area contributed by atoms with E-state index in [2.05, 4.69) is 9.88 Å². The maximum atomic E-state index is 13.1. The van der Waals surface area contributed by atoms with Crippen LogP contribution < -0.4 is 4.90 Å². The lowest BCUT2D eigenvalue weighted by molar-refractivity contribution is -0.136. The Morgan fingerprint density at radius 2 is 1.71 bits per heavy atom. The summed E-state index contributed by atoms with van der Waals surface area (Å²) in [5.41, 5.74) is 0.996. The number of hydrogen-bond donors (Lipinski definition) is 0. The van der Waals surface area contributed by atoms with Gasteiger partial charge >= 0.3 is 0 Å². The lowest BCUT2D eigenvalue weighted by Gasteiger charge is -2.36. The van der Waals surface area contributed by atoms with Gasteiger partial charge in [0.15, 0.2) is 5.82 Å². The second-order valence-electron chi connectivity index (χ2n) is 8.80. The molecule has 1 aliphatic carbocycles. The number of aromatic nitrogens is 2. The Bertz CT molecular complexity index is 936. The summed E-state index contributed by atoms with van der Waals surface area (Å²) < 4.78 is 0. The first-order valence-corrected chi connectivity index (χ1v) is 11.4. The van der Waals surface area contributed by atoms with E-state index in [0.717, 1.165) is 37.3 Å². The van der Waals surface area contributed by atoms with Crippen molar-refractivity contribution in [2.75, 3.05) is 37.6 Å². The Hall–Kier alpha value is -2.96. The molecular weight excluding hydrogens is 390 g/mol. The molecule has 2 aliphatic heterocycles. The molecular formula is C24H29N5O2. The van der Waals surface area contributed by atoms with Crippen LogP contribution in [0.1, 0.15) is 32.1 Å². The first kappa shape index (κ1) is 20.0. The predicted octanol–water partition coefficient (Wildman–Crippen LogP) is 2.58. The second kappa shape index (κ2) is 8.65. The quantitative estimate of drug-likeness (QED) is 0.762. The van der Waals surface area contributed by atoms with Crippen molar-refractivity contribution in [1.82, 2.24) is 19.8 Å².